The topological polar surface area (TPSA) is 53.7 Å². The Kier molecular flexibility index (Phi) is 3.68. The second-order valence-electron chi connectivity index (χ2n) is 5.76. The maximum Gasteiger partial charge on any atom is 0.289 e. The van der Waals surface area contributed by atoms with Crippen molar-refractivity contribution in [2.45, 2.75) is 26.4 Å². The summed E-state index contributed by atoms with van der Waals surface area (Å²) in [5.74, 6) is 0.367. The maximum atomic E-state index is 12.6. The summed E-state index contributed by atoms with van der Waals surface area (Å²) in [6.07, 6.45) is 0.323. The van der Waals surface area contributed by atoms with Crippen LogP contribution in [-0.2, 0) is 0 Å². The number of nitrogens with zero attached hydrogens (tertiary/aromatic N) is 1. The molecular formula is C16H18ClNO3. The highest BCUT2D eigenvalue weighted by Crippen LogP contribution is 2.32. The van der Waals surface area contributed by atoms with Gasteiger partial charge in [0.15, 0.2) is 11.3 Å². The minimum absolute atomic E-state index is 0.175. The largest absolute Gasteiger partial charge is 0.449 e. The van der Waals surface area contributed by atoms with Crippen LogP contribution in [0, 0.1) is 12.8 Å². The molecule has 1 saturated heterocycles. The number of halogens is 1. The number of fused-ring (bicyclic) bond motifs is 1. The Bertz CT molecular complexity index is 694. The summed E-state index contributed by atoms with van der Waals surface area (Å²) < 4.78 is 5.70. The van der Waals surface area contributed by atoms with E-state index in [4.69, 9.17) is 16.0 Å². The molecule has 1 N–H and O–H groups in total. The van der Waals surface area contributed by atoms with Gasteiger partial charge in [0.2, 0.25) is 0 Å². The molecule has 4 nitrogen and oxygen atoms in total. The number of β-amino-alcohol motifs (C(OH)–C–C–N with tert-alkyl or cyclic N) is 1. The van der Waals surface area contributed by atoms with Crippen LogP contribution >= 0.6 is 11.6 Å². The highest BCUT2D eigenvalue weighted by molar-refractivity contribution is 6.35. The molecule has 1 aromatic heterocycles. The fraction of sp³-hybridized carbons (Fsp3) is 0.438. The molecule has 0 spiro atoms. The minimum Gasteiger partial charge on any atom is -0.449 e. The van der Waals surface area contributed by atoms with Crippen molar-refractivity contribution >= 4 is 28.5 Å². The molecule has 21 heavy (non-hydrogen) atoms. The Balaban J connectivity index is 1.95. The molecule has 5 heteroatoms. The quantitative estimate of drug-likeness (QED) is 0.880. The molecule has 3 rings (SSSR count). The van der Waals surface area contributed by atoms with E-state index in [2.05, 4.69) is 0 Å². The molecule has 0 radical (unpaired) electrons. The lowest BCUT2D eigenvalue weighted by Gasteiger charge is -2.33. The molecule has 1 aliphatic heterocycles. The maximum absolute atomic E-state index is 12.6. The van der Waals surface area contributed by atoms with Crippen molar-refractivity contribution in [1.29, 1.82) is 0 Å². The highest BCUT2D eigenvalue weighted by atomic mass is 35.5. The Morgan fingerprint density at radius 2 is 2.24 bits per heavy atom. The van der Waals surface area contributed by atoms with Crippen molar-refractivity contribution in [1.82, 2.24) is 4.90 Å². The van der Waals surface area contributed by atoms with Gasteiger partial charge in [0, 0.05) is 24.0 Å². The third kappa shape index (κ3) is 2.43. The Labute approximate surface area is 128 Å². The molecule has 1 fully saturated rings. The van der Waals surface area contributed by atoms with Crippen molar-refractivity contribution in [3.8, 4) is 0 Å². The summed E-state index contributed by atoms with van der Waals surface area (Å²) in [7, 11) is 0. The normalized spacial score (nSPS) is 22.8. The molecule has 1 aliphatic rings. The van der Waals surface area contributed by atoms with Crippen molar-refractivity contribution in [3.63, 3.8) is 0 Å². The number of hydrogen-bond donors (Lipinski definition) is 1. The molecular weight excluding hydrogens is 290 g/mol. The van der Waals surface area contributed by atoms with Crippen molar-refractivity contribution in [2.75, 3.05) is 13.1 Å². The van der Waals surface area contributed by atoms with Crippen LogP contribution in [0.2, 0.25) is 5.02 Å². The van der Waals surface area contributed by atoms with Crippen molar-refractivity contribution in [2.24, 2.45) is 5.92 Å². The van der Waals surface area contributed by atoms with E-state index in [0.29, 0.717) is 29.5 Å². The van der Waals surface area contributed by atoms with Crippen LogP contribution in [0.1, 0.15) is 29.5 Å². The number of likely N-dealkylation sites (tertiary alicyclic amines) is 1. The Morgan fingerprint density at radius 1 is 1.48 bits per heavy atom. The van der Waals surface area contributed by atoms with E-state index >= 15 is 0 Å². The number of furan rings is 1. The predicted octanol–water partition coefficient (Wildman–Crippen LogP) is 3.24. The number of hydrogen-bond acceptors (Lipinski definition) is 3. The SMILES string of the molecule is Cc1c(C(=O)N2CCC(C)C(O)C2)oc2c(Cl)cccc12. The van der Waals surface area contributed by atoms with E-state index in [0.717, 1.165) is 17.4 Å². The molecule has 112 valence electrons. The first-order chi connectivity index (χ1) is 9.99. The third-order valence-corrected chi connectivity index (χ3v) is 4.61. The van der Waals surface area contributed by atoms with Crippen LogP contribution in [0.3, 0.4) is 0 Å². The lowest BCUT2D eigenvalue weighted by molar-refractivity contribution is 0.0231. The zero-order chi connectivity index (χ0) is 15.1. The highest BCUT2D eigenvalue weighted by Gasteiger charge is 2.30. The summed E-state index contributed by atoms with van der Waals surface area (Å²) >= 11 is 6.12. The monoisotopic (exact) mass is 307 g/mol. The summed E-state index contributed by atoms with van der Waals surface area (Å²) in [5, 5.41) is 11.3. The van der Waals surface area contributed by atoms with Crippen LogP contribution in [0.5, 0.6) is 0 Å². The van der Waals surface area contributed by atoms with Crippen LogP contribution < -0.4 is 0 Å². The first-order valence-electron chi connectivity index (χ1n) is 7.14. The van der Waals surface area contributed by atoms with Crippen LogP contribution in [0.25, 0.3) is 11.0 Å². The number of aliphatic hydroxyl groups is 1. The van der Waals surface area contributed by atoms with Gasteiger partial charge in [-0.3, -0.25) is 4.79 Å². The third-order valence-electron chi connectivity index (χ3n) is 4.32. The molecule has 2 aromatic rings. The number of carbonyl (C=O) groups excluding carboxylic acids is 1. The second-order valence-corrected chi connectivity index (χ2v) is 6.16. The number of amides is 1. The number of carbonyl (C=O) groups is 1. The van der Waals surface area contributed by atoms with Crippen LogP contribution in [0.4, 0.5) is 0 Å². The van der Waals surface area contributed by atoms with Gasteiger partial charge in [-0.15, -0.1) is 0 Å². The lowest BCUT2D eigenvalue weighted by atomic mass is 9.96. The second kappa shape index (κ2) is 5.35. The van der Waals surface area contributed by atoms with Gasteiger partial charge in [0.25, 0.3) is 5.91 Å². The molecule has 2 unspecified atom stereocenters. The number of aryl methyl sites for hydroxylation is 1. The van der Waals surface area contributed by atoms with Gasteiger partial charge >= 0.3 is 0 Å². The summed E-state index contributed by atoms with van der Waals surface area (Å²) in [6.45, 7) is 4.85. The van der Waals surface area contributed by atoms with E-state index in [1.54, 1.807) is 11.0 Å². The molecule has 0 saturated carbocycles. The molecule has 2 heterocycles. The molecule has 1 amide bonds. The summed E-state index contributed by atoms with van der Waals surface area (Å²) in [6, 6.07) is 5.48. The fourth-order valence-corrected chi connectivity index (χ4v) is 3.00. The lowest BCUT2D eigenvalue weighted by Crippen LogP contribution is -2.45. The fourth-order valence-electron chi connectivity index (χ4n) is 2.79. The molecule has 1 aromatic carbocycles. The zero-order valence-corrected chi connectivity index (χ0v) is 12.9. The number of para-hydroxylation sites is 1. The van der Waals surface area contributed by atoms with E-state index in [1.165, 1.54) is 0 Å². The number of aliphatic hydroxyl groups excluding tert-OH is 1. The van der Waals surface area contributed by atoms with Crippen molar-refractivity contribution < 1.29 is 14.3 Å². The molecule has 0 bridgehead atoms. The zero-order valence-electron chi connectivity index (χ0n) is 12.1. The van der Waals surface area contributed by atoms with Crippen molar-refractivity contribution in [3.05, 3.63) is 34.5 Å². The van der Waals surface area contributed by atoms with Gasteiger partial charge in [-0.1, -0.05) is 30.7 Å². The van der Waals surface area contributed by atoms with Gasteiger partial charge in [0.05, 0.1) is 11.1 Å². The van der Waals surface area contributed by atoms with Gasteiger partial charge < -0.3 is 14.4 Å². The first kappa shape index (κ1) is 14.4. The van der Waals surface area contributed by atoms with E-state index < -0.39 is 6.10 Å². The average Bonchev–Trinajstić information content (AvgIpc) is 2.80. The van der Waals surface area contributed by atoms with Crippen LogP contribution in [-0.4, -0.2) is 35.1 Å². The van der Waals surface area contributed by atoms with E-state index in [1.807, 2.05) is 26.0 Å². The Hall–Kier alpha value is -1.52. The van der Waals surface area contributed by atoms with Gasteiger partial charge in [-0.25, -0.2) is 0 Å². The van der Waals surface area contributed by atoms with Gasteiger partial charge in [-0.2, -0.15) is 0 Å². The smallest absolute Gasteiger partial charge is 0.289 e. The Morgan fingerprint density at radius 3 is 2.90 bits per heavy atom. The molecule has 2 atom stereocenters. The van der Waals surface area contributed by atoms with E-state index in [-0.39, 0.29) is 11.8 Å². The van der Waals surface area contributed by atoms with Crippen LogP contribution in [0.15, 0.2) is 22.6 Å². The summed E-state index contributed by atoms with van der Waals surface area (Å²) in [5.41, 5.74) is 1.34. The average molecular weight is 308 g/mol. The number of rotatable bonds is 1. The number of benzene rings is 1. The van der Waals surface area contributed by atoms with E-state index in [9.17, 15) is 9.90 Å². The summed E-state index contributed by atoms with van der Waals surface area (Å²) in [4.78, 5) is 14.3. The minimum atomic E-state index is -0.476. The number of piperidine rings is 1. The first-order valence-corrected chi connectivity index (χ1v) is 7.51. The van der Waals surface area contributed by atoms with Gasteiger partial charge in [-0.05, 0) is 25.3 Å². The van der Waals surface area contributed by atoms with Gasteiger partial charge in [0.1, 0.15) is 0 Å². The molecule has 0 aliphatic carbocycles. The predicted molar refractivity (Wildman–Crippen MR) is 81.7 cm³/mol. The standard InChI is InChI=1S/C16H18ClNO3/c1-9-6-7-18(8-13(9)19)16(20)14-10(2)11-4-3-5-12(17)15(11)21-14/h3-5,9,13,19H,6-8H2,1-2H3.